The number of carbonyl (C=O) groups is 1. The molecule has 0 radical (unpaired) electrons. The van der Waals surface area contributed by atoms with Gasteiger partial charge in [0.2, 0.25) is 5.91 Å². The summed E-state index contributed by atoms with van der Waals surface area (Å²) in [4.78, 5) is 12.3. The van der Waals surface area contributed by atoms with Gasteiger partial charge in [-0.3, -0.25) is 4.79 Å². The minimum absolute atomic E-state index is 0.0393. The number of nitrogens with two attached hydrogens (primary N) is 1. The lowest BCUT2D eigenvalue weighted by Crippen LogP contribution is -2.47. The van der Waals surface area contributed by atoms with Crippen molar-refractivity contribution in [2.24, 2.45) is 23.0 Å². The molecule has 0 aromatic rings. The predicted molar refractivity (Wildman–Crippen MR) is 74.0 cm³/mol. The second kappa shape index (κ2) is 5.20. The third-order valence-electron chi connectivity index (χ3n) is 4.82. The molecule has 2 fully saturated rings. The Morgan fingerprint density at radius 3 is 2.61 bits per heavy atom. The van der Waals surface area contributed by atoms with E-state index in [0.717, 1.165) is 25.7 Å². The van der Waals surface area contributed by atoms with Crippen molar-refractivity contribution in [2.75, 3.05) is 0 Å². The Hall–Kier alpha value is -0.570. The van der Waals surface area contributed by atoms with Crippen LogP contribution in [-0.2, 0) is 4.79 Å². The summed E-state index contributed by atoms with van der Waals surface area (Å²) >= 11 is 0. The Kier molecular flexibility index (Phi) is 4.00. The highest BCUT2D eigenvalue weighted by molar-refractivity contribution is 5.79. The molecule has 0 aromatic heterocycles. The number of carbonyl (C=O) groups excluding carboxylic acids is 1. The van der Waals surface area contributed by atoms with Crippen LogP contribution in [0.5, 0.6) is 0 Å². The zero-order valence-corrected chi connectivity index (χ0v) is 12.0. The van der Waals surface area contributed by atoms with Gasteiger partial charge in [-0.15, -0.1) is 0 Å². The van der Waals surface area contributed by atoms with Crippen molar-refractivity contribution in [1.82, 2.24) is 5.32 Å². The van der Waals surface area contributed by atoms with Gasteiger partial charge >= 0.3 is 0 Å². The summed E-state index contributed by atoms with van der Waals surface area (Å²) in [6.07, 6.45) is 6.57. The van der Waals surface area contributed by atoms with E-state index in [-0.39, 0.29) is 17.9 Å². The summed E-state index contributed by atoms with van der Waals surface area (Å²) in [7, 11) is 0. The van der Waals surface area contributed by atoms with Gasteiger partial charge in [0.15, 0.2) is 0 Å². The SMILES string of the molecule is CC1CCC(N)C(C(=O)NC2CCC(C)(C)C2)C1. The summed E-state index contributed by atoms with van der Waals surface area (Å²) in [6, 6.07) is 0.438. The Morgan fingerprint density at radius 1 is 1.28 bits per heavy atom. The van der Waals surface area contributed by atoms with Crippen molar-refractivity contribution in [3.05, 3.63) is 0 Å². The topological polar surface area (TPSA) is 55.1 Å². The lowest BCUT2D eigenvalue weighted by atomic mass is 9.78. The van der Waals surface area contributed by atoms with Gasteiger partial charge in [-0.25, -0.2) is 0 Å². The molecule has 2 aliphatic rings. The normalized spacial score (nSPS) is 39.6. The Bertz CT molecular complexity index is 314. The average molecular weight is 252 g/mol. The van der Waals surface area contributed by atoms with Crippen LogP contribution in [0.25, 0.3) is 0 Å². The monoisotopic (exact) mass is 252 g/mol. The molecule has 4 atom stereocenters. The molecule has 0 heterocycles. The predicted octanol–water partition coefficient (Wildman–Crippen LogP) is 2.44. The van der Waals surface area contributed by atoms with E-state index in [1.165, 1.54) is 12.8 Å². The molecule has 2 rings (SSSR count). The van der Waals surface area contributed by atoms with Crippen LogP contribution in [-0.4, -0.2) is 18.0 Å². The highest BCUT2D eigenvalue weighted by Crippen LogP contribution is 2.37. The molecule has 3 nitrogen and oxygen atoms in total. The van der Waals surface area contributed by atoms with Crippen molar-refractivity contribution in [3.63, 3.8) is 0 Å². The van der Waals surface area contributed by atoms with Crippen LogP contribution in [0, 0.1) is 17.3 Å². The van der Waals surface area contributed by atoms with Crippen LogP contribution < -0.4 is 11.1 Å². The van der Waals surface area contributed by atoms with Crippen molar-refractivity contribution in [2.45, 2.75) is 71.4 Å². The molecule has 0 aliphatic heterocycles. The van der Waals surface area contributed by atoms with E-state index in [1.54, 1.807) is 0 Å². The quantitative estimate of drug-likeness (QED) is 0.793. The molecule has 0 bridgehead atoms. The molecule has 0 saturated heterocycles. The molecule has 3 N–H and O–H groups in total. The molecule has 104 valence electrons. The van der Waals surface area contributed by atoms with Gasteiger partial charge in [-0.05, 0) is 49.9 Å². The third kappa shape index (κ3) is 3.25. The zero-order valence-electron chi connectivity index (χ0n) is 12.0. The zero-order chi connectivity index (χ0) is 13.3. The summed E-state index contributed by atoms with van der Waals surface area (Å²) < 4.78 is 0. The summed E-state index contributed by atoms with van der Waals surface area (Å²) in [5, 5.41) is 3.24. The van der Waals surface area contributed by atoms with Crippen LogP contribution in [0.1, 0.15) is 59.3 Å². The fraction of sp³-hybridized carbons (Fsp3) is 0.933. The lowest BCUT2D eigenvalue weighted by molar-refractivity contribution is -0.127. The summed E-state index contributed by atoms with van der Waals surface area (Å²) in [5.74, 6) is 0.884. The molecule has 0 aromatic carbocycles. The third-order valence-corrected chi connectivity index (χ3v) is 4.82. The lowest BCUT2D eigenvalue weighted by Gasteiger charge is -2.32. The largest absolute Gasteiger partial charge is 0.353 e. The molecule has 2 aliphatic carbocycles. The van der Waals surface area contributed by atoms with E-state index in [9.17, 15) is 4.79 Å². The molecular formula is C15H28N2O. The first-order valence-corrected chi connectivity index (χ1v) is 7.43. The van der Waals surface area contributed by atoms with E-state index in [0.29, 0.717) is 17.4 Å². The maximum absolute atomic E-state index is 12.3. The van der Waals surface area contributed by atoms with Gasteiger partial charge in [0, 0.05) is 12.1 Å². The Labute approximate surface area is 111 Å². The summed E-state index contributed by atoms with van der Waals surface area (Å²) in [5.41, 5.74) is 6.50. The standard InChI is InChI=1S/C15H28N2O/c1-10-4-5-13(16)12(8-10)14(18)17-11-6-7-15(2,3)9-11/h10-13H,4-9,16H2,1-3H3,(H,17,18). The molecule has 2 saturated carbocycles. The number of hydrogen-bond acceptors (Lipinski definition) is 2. The molecule has 1 amide bonds. The van der Waals surface area contributed by atoms with E-state index in [2.05, 4.69) is 26.1 Å². The number of nitrogens with one attached hydrogen (secondary N) is 1. The van der Waals surface area contributed by atoms with Crippen molar-refractivity contribution < 1.29 is 4.79 Å². The van der Waals surface area contributed by atoms with Gasteiger partial charge in [0.05, 0.1) is 5.92 Å². The molecule has 0 spiro atoms. The summed E-state index contributed by atoms with van der Waals surface area (Å²) in [6.45, 7) is 6.80. The second-order valence-corrected chi connectivity index (χ2v) is 7.30. The van der Waals surface area contributed by atoms with Crippen LogP contribution in [0.15, 0.2) is 0 Å². The van der Waals surface area contributed by atoms with Crippen LogP contribution in [0.3, 0.4) is 0 Å². The Balaban J connectivity index is 1.87. The van der Waals surface area contributed by atoms with E-state index in [1.807, 2.05) is 0 Å². The van der Waals surface area contributed by atoms with Crippen LogP contribution >= 0.6 is 0 Å². The van der Waals surface area contributed by atoms with Crippen molar-refractivity contribution in [3.8, 4) is 0 Å². The first kappa shape index (κ1) is 13.9. The minimum Gasteiger partial charge on any atom is -0.353 e. The van der Waals surface area contributed by atoms with Gasteiger partial charge in [0.1, 0.15) is 0 Å². The Morgan fingerprint density at radius 2 is 2.00 bits per heavy atom. The number of hydrogen-bond donors (Lipinski definition) is 2. The van der Waals surface area contributed by atoms with Crippen LogP contribution in [0.4, 0.5) is 0 Å². The number of rotatable bonds is 2. The fourth-order valence-corrected chi connectivity index (χ4v) is 3.57. The van der Waals surface area contributed by atoms with Crippen molar-refractivity contribution >= 4 is 5.91 Å². The number of amides is 1. The van der Waals surface area contributed by atoms with E-state index >= 15 is 0 Å². The fourth-order valence-electron chi connectivity index (χ4n) is 3.57. The van der Waals surface area contributed by atoms with Crippen LogP contribution in [0.2, 0.25) is 0 Å². The average Bonchev–Trinajstić information content (AvgIpc) is 2.61. The van der Waals surface area contributed by atoms with Gasteiger partial charge in [-0.2, -0.15) is 0 Å². The molecule has 18 heavy (non-hydrogen) atoms. The first-order chi connectivity index (χ1) is 8.37. The highest BCUT2D eigenvalue weighted by Gasteiger charge is 2.36. The smallest absolute Gasteiger partial charge is 0.224 e. The molecular weight excluding hydrogens is 224 g/mol. The maximum atomic E-state index is 12.3. The molecule has 3 heteroatoms. The minimum atomic E-state index is 0.0393. The second-order valence-electron chi connectivity index (χ2n) is 7.30. The van der Waals surface area contributed by atoms with E-state index < -0.39 is 0 Å². The van der Waals surface area contributed by atoms with Crippen molar-refractivity contribution in [1.29, 1.82) is 0 Å². The highest BCUT2D eigenvalue weighted by atomic mass is 16.2. The van der Waals surface area contributed by atoms with Gasteiger partial charge in [0.25, 0.3) is 0 Å². The molecule has 4 unspecified atom stereocenters. The van der Waals surface area contributed by atoms with Gasteiger partial charge in [-0.1, -0.05) is 20.8 Å². The van der Waals surface area contributed by atoms with Gasteiger partial charge < -0.3 is 11.1 Å². The van der Waals surface area contributed by atoms with E-state index in [4.69, 9.17) is 5.73 Å². The first-order valence-electron chi connectivity index (χ1n) is 7.43. The maximum Gasteiger partial charge on any atom is 0.224 e.